The second-order valence-corrected chi connectivity index (χ2v) is 4.89. The maximum absolute atomic E-state index is 10.0. The van der Waals surface area contributed by atoms with Crippen LogP contribution in [-0.4, -0.2) is 66.9 Å². The predicted octanol–water partition coefficient (Wildman–Crippen LogP) is -0.900. The molecule has 0 unspecified atom stereocenters. The molecule has 2 aromatic rings. The van der Waals surface area contributed by atoms with Crippen LogP contribution in [0.5, 0.6) is 5.88 Å². The second kappa shape index (κ2) is 5.35. The van der Waals surface area contributed by atoms with Gasteiger partial charge in [-0.2, -0.15) is 9.97 Å². The molecule has 0 saturated carbocycles. The first-order valence-electron chi connectivity index (χ1n) is 6.13. The highest BCUT2D eigenvalue weighted by Crippen LogP contribution is 2.32. The third-order valence-electron chi connectivity index (χ3n) is 3.35. The van der Waals surface area contributed by atoms with E-state index in [1.165, 1.54) is 18.0 Å². The largest absolute Gasteiger partial charge is 0.479 e. The van der Waals surface area contributed by atoms with Crippen molar-refractivity contribution in [2.75, 3.05) is 13.7 Å². The van der Waals surface area contributed by atoms with Crippen LogP contribution < -0.4 is 4.74 Å². The summed E-state index contributed by atoms with van der Waals surface area (Å²) in [5.74, 6) is 0.190. The Labute approximate surface area is 123 Å². The quantitative estimate of drug-likeness (QED) is 0.623. The molecule has 0 radical (unpaired) electrons. The number of aliphatic hydroxyl groups is 3. The summed E-state index contributed by atoms with van der Waals surface area (Å²) in [5.41, 5.74) is 0.640. The molecule has 0 amide bonds. The summed E-state index contributed by atoms with van der Waals surface area (Å²) >= 11 is 5.82. The molecule has 0 spiro atoms. The normalized spacial score (nSPS) is 29.2. The smallest absolute Gasteiger partial charge is 0.246 e. The number of hydrogen-bond acceptors (Lipinski definition) is 8. The first-order valence-corrected chi connectivity index (χ1v) is 6.51. The molecular formula is C11H13ClN4O5. The number of ether oxygens (including phenoxy) is 2. The second-order valence-electron chi connectivity index (χ2n) is 4.55. The Bertz CT molecular complexity index is 665. The SMILES string of the molecule is COc1nc(Cl)nc2c1ncn2[C@@H]1O[C@H](CO)[C@@H](O)[C@H]1O. The van der Waals surface area contributed by atoms with E-state index in [-0.39, 0.29) is 11.2 Å². The Kier molecular flexibility index (Phi) is 3.68. The number of hydrogen-bond donors (Lipinski definition) is 3. The van der Waals surface area contributed by atoms with E-state index in [0.29, 0.717) is 11.2 Å². The number of rotatable bonds is 3. The van der Waals surface area contributed by atoms with Crippen LogP contribution in [0.4, 0.5) is 0 Å². The highest BCUT2D eigenvalue weighted by molar-refractivity contribution is 6.28. The van der Waals surface area contributed by atoms with Gasteiger partial charge < -0.3 is 24.8 Å². The highest BCUT2D eigenvalue weighted by Gasteiger charge is 2.44. The molecule has 1 saturated heterocycles. The molecule has 21 heavy (non-hydrogen) atoms. The van der Waals surface area contributed by atoms with Gasteiger partial charge in [0.2, 0.25) is 11.2 Å². The number of nitrogens with zero attached hydrogens (tertiary/aromatic N) is 4. The van der Waals surface area contributed by atoms with Crippen molar-refractivity contribution in [3.63, 3.8) is 0 Å². The Morgan fingerprint density at radius 1 is 1.38 bits per heavy atom. The van der Waals surface area contributed by atoms with Gasteiger partial charge in [-0.1, -0.05) is 0 Å². The van der Waals surface area contributed by atoms with Gasteiger partial charge in [-0.25, -0.2) is 4.98 Å². The molecule has 4 atom stereocenters. The van der Waals surface area contributed by atoms with Crippen LogP contribution in [0.3, 0.4) is 0 Å². The summed E-state index contributed by atoms with van der Waals surface area (Å²) in [4.78, 5) is 12.0. The maximum Gasteiger partial charge on any atom is 0.246 e. The van der Waals surface area contributed by atoms with Gasteiger partial charge in [0, 0.05) is 0 Å². The molecule has 0 aliphatic carbocycles. The average molecular weight is 317 g/mol. The molecular weight excluding hydrogens is 304 g/mol. The van der Waals surface area contributed by atoms with E-state index in [4.69, 9.17) is 26.2 Å². The summed E-state index contributed by atoms with van der Waals surface area (Å²) in [6.07, 6.45) is -2.91. The number of aliphatic hydroxyl groups excluding tert-OH is 3. The molecule has 0 aromatic carbocycles. The van der Waals surface area contributed by atoms with Crippen LogP contribution in [0.1, 0.15) is 6.23 Å². The molecule has 0 bridgehead atoms. The molecule has 1 fully saturated rings. The fourth-order valence-corrected chi connectivity index (χ4v) is 2.46. The summed E-state index contributed by atoms with van der Waals surface area (Å²) in [6.45, 7) is -0.416. The number of methoxy groups -OCH3 is 1. The van der Waals surface area contributed by atoms with Crippen LogP contribution in [0, 0.1) is 0 Å². The maximum atomic E-state index is 10.0. The van der Waals surface area contributed by atoms with Gasteiger partial charge in [0.1, 0.15) is 18.3 Å². The molecule has 114 valence electrons. The van der Waals surface area contributed by atoms with Crippen LogP contribution in [0.25, 0.3) is 11.2 Å². The fourth-order valence-electron chi connectivity index (χ4n) is 2.30. The highest BCUT2D eigenvalue weighted by atomic mass is 35.5. The van der Waals surface area contributed by atoms with Gasteiger partial charge in [-0.3, -0.25) is 4.57 Å². The van der Waals surface area contributed by atoms with E-state index < -0.39 is 31.1 Å². The Morgan fingerprint density at radius 2 is 2.14 bits per heavy atom. The Balaban J connectivity index is 2.07. The van der Waals surface area contributed by atoms with Crippen molar-refractivity contribution < 1.29 is 24.8 Å². The molecule has 9 nitrogen and oxygen atoms in total. The molecule has 3 N–H and O–H groups in total. The van der Waals surface area contributed by atoms with Gasteiger partial charge in [0.05, 0.1) is 20.0 Å². The van der Waals surface area contributed by atoms with Crippen LogP contribution >= 0.6 is 11.6 Å². The zero-order valence-electron chi connectivity index (χ0n) is 10.9. The van der Waals surface area contributed by atoms with Crippen LogP contribution in [-0.2, 0) is 4.74 Å². The van der Waals surface area contributed by atoms with Crippen molar-refractivity contribution in [1.29, 1.82) is 0 Å². The lowest BCUT2D eigenvalue weighted by Crippen LogP contribution is -2.33. The third kappa shape index (κ3) is 2.23. The van der Waals surface area contributed by atoms with Gasteiger partial charge >= 0.3 is 0 Å². The van der Waals surface area contributed by atoms with E-state index in [1.807, 2.05) is 0 Å². The van der Waals surface area contributed by atoms with Crippen molar-refractivity contribution in [2.24, 2.45) is 0 Å². The minimum absolute atomic E-state index is 0.0483. The van der Waals surface area contributed by atoms with E-state index in [1.54, 1.807) is 0 Å². The summed E-state index contributed by atoms with van der Waals surface area (Å²) in [6, 6.07) is 0. The topological polar surface area (TPSA) is 123 Å². The third-order valence-corrected chi connectivity index (χ3v) is 3.52. The van der Waals surface area contributed by atoms with Crippen LogP contribution in [0.15, 0.2) is 6.33 Å². The van der Waals surface area contributed by atoms with Crippen LogP contribution in [0.2, 0.25) is 5.28 Å². The van der Waals surface area contributed by atoms with E-state index >= 15 is 0 Å². The number of imidazole rings is 1. The van der Waals surface area contributed by atoms with Gasteiger partial charge in [-0.05, 0) is 11.6 Å². The zero-order valence-corrected chi connectivity index (χ0v) is 11.7. The van der Waals surface area contributed by atoms with Gasteiger partial charge in [0.25, 0.3) is 0 Å². The summed E-state index contributed by atoms with van der Waals surface area (Å²) < 4.78 is 11.9. The standard InChI is InChI=1S/C11H13ClN4O5/c1-20-9-5-8(14-11(12)15-9)16(3-13-5)10-7(19)6(18)4(2-17)21-10/h3-4,6-7,10,17-19H,2H2,1H3/t4-,6-,7-,10-/m1/s1. The average Bonchev–Trinajstić information content (AvgIpc) is 3.01. The number of aromatic nitrogens is 4. The van der Waals surface area contributed by atoms with Gasteiger partial charge in [-0.15, -0.1) is 0 Å². The zero-order chi connectivity index (χ0) is 15.1. The van der Waals surface area contributed by atoms with E-state index in [9.17, 15) is 10.2 Å². The monoisotopic (exact) mass is 316 g/mol. The van der Waals surface area contributed by atoms with Crippen molar-refractivity contribution >= 4 is 22.8 Å². The van der Waals surface area contributed by atoms with E-state index in [2.05, 4.69) is 15.0 Å². The first kappa shape index (κ1) is 14.4. The van der Waals surface area contributed by atoms with Crippen molar-refractivity contribution in [3.8, 4) is 5.88 Å². The molecule has 1 aliphatic heterocycles. The molecule has 2 aromatic heterocycles. The molecule has 10 heteroatoms. The first-order chi connectivity index (χ1) is 10.1. The predicted molar refractivity (Wildman–Crippen MR) is 69.9 cm³/mol. The summed E-state index contributed by atoms with van der Waals surface area (Å²) in [7, 11) is 1.42. The number of fused-ring (bicyclic) bond motifs is 1. The van der Waals surface area contributed by atoms with Crippen molar-refractivity contribution in [1.82, 2.24) is 19.5 Å². The fraction of sp³-hybridized carbons (Fsp3) is 0.545. The lowest BCUT2D eigenvalue weighted by atomic mass is 10.1. The molecule has 3 rings (SSSR count). The lowest BCUT2D eigenvalue weighted by molar-refractivity contribution is -0.0511. The summed E-state index contributed by atoms with van der Waals surface area (Å²) in [5, 5.41) is 28.9. The molecule has 3 heterocycles. The minimum Gasteiger partial charge on any atom is -0.479 e. The minimum atomic E-state index is -1.24. The van der Waals surface area contributed by atoms with Gasteiger partial charge in [0.15, 0.2) is 17.4 Å². The van der Waals surface area contributed by atoms with E-state index in [0.717, 1.165) is 0 Å². The molecule has 1 aliphatic rings. The Morgan fingerprint density at radius 3 is 2.76 bits per heavy atom. The van der Waals surface area contributed by atoms with Crippen molar-refractivity contribution in [2.45, 2.75) is 24.5 Å². The Hall–Kier alpha value is -1.52. The lowest BCUT2D eigenvalue weighted by Gasteiger charge is -2.16. The number of halogens is 1. The van der Waals surface area contributed by atoms with Crippen molar-refractivity contribution in [3.05, 3.63) is 11.6 Å².